The van der Waals surface area contributed by atoms with Gasteiger partial charge in [0.1, 0.15) is 0 Å². The normalized spacial score (nSPS) is 13.4. The lowest BCUT2D eigenvalue weighted by atomic mass is 10.0. The van der Waals surface area contributed by atoms with Crippen LogP contribution in [-0.4, -0.2) is 25.6 Å². The molecule has 0 saturated heterocycles. The number of ether oxygens (including phenoxy) is 1. The molecule has 0 bridgehead atoms. The maximum Gasteiger partial charge on any atom is 0.237 e. The van der Waals surface area contributed by atoms with Gasteiger partial charge in [-0.1, -0.05) is 37.6 Å². The van der Waals surface area contributed by atoms with Crippen LogP contribution in [0.25, 0.3) is 0 Å². The van der Waals surface area contributed by atoms with Crippen LogP contribution in [0.5, 0.6) is 0 Å². The van der Waals surface area contributed by atoms with Crippen LogP contribution in [0.2, 0.25) is 5.02 Å². The van der Waals surface area contributed by atoms with Gasteiger partial charge in [0.15, 0.2) is 0 Å². The van der Waals surface area contributed by atoms with Crippen molar-refractivity contribution in [1.29, 1.82) is 0 Å². The molecule has 1 amide bonds. The van der Waals surface area contributed by atoms with Crippen molar-refractivity contribution in [3.8, 4) is 0 Å². The molecule has 0 heterocycles. The Labute approximate surface area is 137 Å². The monoisotopic (exact) mass is 334 g/mol. The molecule has 0 aromatic heterocycles. The van der Waals surface area contributed by atoms with E-state index in [4.69, 9.17) is 22.1 Å². The van der Waals surface area contributed by atoms with Crippen LogP contribution in [0, 0.1) is 5.92 Å². The third-order valence-corrected chi connectivity index (χ3v) is 3.30. The SMILES string of the molecule is COC(CNC(=O)[C@@H](N)CC(C)C)c1ccc(Cl)cc1.Cl. The van der Waals surface area contributed by atoms with Crippen molar-refractivity contribution < 1.29 is 9.53 Å². The van der Waals surface area contributed by atoms with Crippen molar-refractivity contribution in [3.05, 3.63) is 34.9 Å². The quantitative estimate of drug-likeness (QED) is 0.805. The molecule has 0 fully saturated rings. The van der Waals surface area contributed by atoms with E-state index in [2.05, 4.69) is 5.32 Å². The standard InChI is InChI=1S/C15H23ClN2O2.ClH/c1-10(2)8-13(17)15(19)18-9-14(20-3)11-4-6-12(16)7-5-11;/h4-7,10,13-14H,8-9,17H2,1-3H3,(H,18,19);1H/t13-,14?;/m0./s1. The number of halogens is 2. The fraction of sp³-hybridized carbons (Fsp3) is 0.533. The number of carbonyl (C=O) groups excluding carboxylic acids is 1. The summed E-state index contributed by atoms with van der Waals surface area (Å²) in [6, 6.07) is 6.90. The summed E-state index contributed by atoms with van der Waals surface area (Å²) in [4.78, 5) is 11.9. The van der Waals surface area contributed by atoms with E-state index in [-0.39, 0.29) is 24.4 Å². The first-order chi connectivity index (χ1) is 9.43. The molecule has 1 unspecified atom stereocenters. The molecule has 0 aliphatic heterocycles. The Morgan fingerprint density at radius 2 is 1.90 bits per heavy atom. The molecule has 1 rings (SSSR count). The van der Waals surface area contributed by atoms with E-state index in [0.29, 0.717) is 23.9 Å². The topological polar surface area (TPSA) is 64.3 Å². The second kappa shape index (κ2) is 10.0. The van der Waals surface area contributed by atoms with E-state index in [1.54, 1.807) is 19.2 Å². The van der Waals surface area contributed by atoms with Gasteiger partial charge >= 0.3 is 0 Å². The molecule has 0 radical (unpaired) electrons. The summed E-state index contributed by atoms with van der Waals surface area (Å²) in [5.74, 6) is 0.250. The maximum absolute atomic E-state index is 11.9. The molecule has 0 aliphatic carbocycles. The lowest BCUT2D eigenvalue weighted by Crippen LogP contribution is -2.43. The highest BCUT2D eigenvalue weighted by Gasteiger charge is 2.17. The van der Waals surface area contributed by atoms with Crippen LogP contribution in [-0.2, 0) is 9.53 Å². The van der Waals surface area contributed by atoms with Crippen LogP contribution in [0.4, 0.5) is 0 Å². The van der Waals surface area contributed by atoms with Gasteiger partial charge in [0.2, 0.25) is 5.91 Å². The number of nitrogens with two attached hydrogens (primary N) is 1. The summed E-state index contributed by atoms with van der Waals surface area (Å²) >= 11 is 5.85. The van der Waals surface area contributed by atoms with Crippen LogP contribution in [0.3, 0.4) is 0 Å². The highest BCUT2D eigenvalue weighted by molar-refractivity contribution is 6.30. The van der Waals surface area contributed by atoms with E-state index < -0.39 is 6.04 Å². The summed E-state index contributed by atoms with van der Waals surface area (Å²) in [6.07, 6.45) is 0.465. The predicted molar refractivity (Wildman–Crippen MR) is 88.9 cm³/mol. The Kier molecular flexibility index (Phi) is 9.62. The summed E-state index contributed by atoms with van der Waals surface area (Å²) < 4.78 is 5.39. The first-order valence-corrected chi connectivity index (χ1v) is 7.13. The van der Waals surface area contributed by atoms with E-state index in [0.717, 1.165) is 5.56 Å². The summed E-state index contributed by atoms with van der Waals surface area (Å²) in [5, 5.41) is 3.50. The molecule has 21 heavy (non-hydrogen) atoms. The van der Waals surface area contributed by atoms with Crippen LogP contribution in [0.1, 0.15) is 31.9 Å². The molecule has 3 N–H and O–H groups in total. The summed E-state index contributed by atoms with van der Waals surface area (Å²) in [6.45, 7) is 4.47. The van der Waals surface area contributed by atoms with Crippen molar-refractivity contribution in [2.75, 3.05) is 13.7 Å². The van der Waals surface area contributed by atoms with E-state index in [1.165, 1.54) is 0 Å². The fourth-order valence-electron chi connectivity index (χ4n) is 1.95. The molecular formula is C15H24Cl2N2O2. The fourth-order valence-corrected chi connectivity index (χ4v) is 2.08. The van der Waals surface area contributed by atoms with Crippen LogP contribution >= 0.6 is 24.0 Å². The number of nitrogens with one attached hydrogen (secondary N) is 1. The number of carbonyl (C=O) groups is 1. The highest BCUT2D eigenvalue weighted by atomic mass is 35.5. The highest BCUT2D eigenvalue weighted by Crippen LogP contribution is 2.18. The van der Waals surface area contributed by atoms with Gasteiger partial charge < -0.3 is 15.8 Å². The zero-order valence-corrected chi connectivity index (χ0v) is 14.2. The van der Waals surface area contributed by atoms with Gasteiger partial charge in [0.05, 0.1) is 12.1 Å². The van der Waals surface area contributed by atoms with E-state index >= 15 is 0 Å². The number of hydrogen-bond acceptors (Lipinski definition) is 3. The molecule has 0 aliphatic rings. The van der Waals surface area contributed by atoms with Crippen molar-refractivity contribution in [1.82, 2.24) is 5.32 Å². The third kappa shape index (κ3) is 7.14. The first kappa shape index (κ1) is 20.2. The second-order valence-corrected chi connectivity index (χ2v) is 5.69. The van der Waals surface area contributed by atoms with E-state index in [9.17, 15) is 4.79 Å². The molecular weight excluding hydrogens is 311 g/mol. The molecule has 6 heteroatoms. The molecule has 1 aromatic rings. The molecule has 1 aromatic carbocycles. The van der Waals surface area contributed by atoms with E-state index in [1.807, 2.05) is 26.0 Å². The maximum atomic E-state index is 11.9. The van der Waals surface area contributed by atoms with Crippen molar-refractivity contribution in [2.45, 2.75) is 32.4 Å². The molecule has 0 saturated carbocycles. The number of benzene rings is 1. The summed E-state index contributed by atoms with van der Waals surface area (Å²) in [7, 11) is 1.61. The lowest BCUT2D eigenvalue weighted by Gasteiger charge is -2.19. The summed E-state index contributed by atoms with van der Waals surface area (Å²) in [5.41, 5.74) is 6.80. The Morgan fingerprint density at radius 3 is 2.38 bits per heavy atom. The first-order valence-electron chi connectivity index (χ1n) is 6.75. The van der Waals surface area contributed by atoms with Crippen molar-refractivity contribution in [3.63, 3.8) is 0 Å². The lowest BCUT2D eigenvalue weighted by molar-refractivity contribution is -0.123. The van der Waals surface area contributed by atoms with Crippen molar-refractivity contribution >= 4 is 29.9 Å². The average Bonchev–Trinajstić information content (AvgIpc) is 2.40. The smallest absolute Gasteiger partial charge is 0.237 e. The second-order valence-electron chi connectivity index (χ2n) is 5.26. The van der Waals surface area contributed by atoms with Gasteiger partial charge in [0, 0.05) is 18.7 Å². The minimum absolute atomic E-state index is 0. The van der Waals surface area contributed by atoms with Gasteiger partial charge in [-0.25, -0.2) is 0 Å². The number of hydrogen-bond donors (Lipinski definition) is 2. The third-order valence-electron chi connectivity index (χ3n) is 3.05. The Hall–Kier alpha value is -0.810. The molecule has 120 valence electrons. The van der Waals surface area contributed by atoms with Crippen molar-refractivity contribution in [2.24, 2.45) is 11.7 Å². The zero-order chi connectivity index (χ0) is 15.1. The minimum atomic E-state index is -0.474. The van der Waals surface area contributed by atoms with Gasteiger partial charge in [-0.15, -0.1) is 12.4 Å². The Bertz CT molecular complexity index is 424. The van der Waals surface area contributed by atoms with Crippen LogP contribution in [0.15, 0.2) is 24.3 Å². The number of methoxy groups -OCH3 is 1. The largest absolute Gasteiger partial charge is 0.375 e. The van der Waals surface area contributed by atoms with Gasteiger partial charge in [-0.2, -0.15) is 0 Å². The van der Waals surface area contributed by atoms with Gasteiger partial charge in [0.25, 0.3) is 0 Å². The number of amides is 1. The molecule has 2 atom stereocenters. The van der Waals surface area contributed by atoms with Crippen LogP contribution < -0.4 is 11.1 Å². The predicted octanol–water partition coefficient (Wildman–Crippen LogP) is 2.94. The Morgan fingerprint density at radius 1 is 1.33 bits per heavy atom. The zero-order valence-electron chi connectivity index (χ0n) is 12.6. The Balaban J connectivity index is 0.00000400. The van der Waals surface area contributed by atoms with Gasteiger partial charge in [-0.05, 0) is 30.0 Å². The minimum Gasteiger partial charge on any atom is -0.375 e. The number of rotatable bonds is 7. The molecule has 0 spiro atoms. The molecule has 4 nitrogen and oxygen atoms in total. The average molecular weight is 335 g/mol. The van der Waals surface area contributed by atoms with Gasteiger partial charge in [-0.3, -0.25) is 4.79 Å².